The molecule has 0 aliphatic heterocycles. The lowest BCUT2D eigenvalue weighted by molar-refractivity contribution is -0.00000362. The van der Waals surface area contributed by atoms with Crippen LogP contribution in [0, 0.1) is 0 Å². The third kappa shape index (κ3) is 2.75. The fourth-order valence-corrected chi connectivity index (χ4v) is 2.37. The average Bonchev–Trinajstić information content (AvgIpc) is 2.78. The number of para-hydroxylation sites is 2. The molecule has 3 rings (SSSR count). The van der Waals surface area contributed by atoms with Crippen molar-refractivity contribution in [1.82, 2.24) is 9.55 Å². The van der Waals surface area contributed by atoms with E-state index in [1.54, 1.807) is 0 Å². The van der Waals surface area contributed by atoms with Gasteiger partial charge in [-0.2, -0.15) is 0 Å². The van der Waals surface area contributed by atoms with E-state index in [2.05, 4.69) is 39.9 Å². The lowest BCUT2D eigenvalue weighted by Crippen LogP contribution is -3.00. The van der Waals surface area contributed by atoms with Crippen molar-refractivity contribution >= 4 is 22.6 Å². The van der Waals surface area contributed by atoms with Crippen molar-refractivity contribution in [2.24, 2.45) is 0 Å². The first-order valence-corrected chi connectivity index (χ1v) is 6.46. The van der Waals surface area contributed by atoms with Crippen LogP contribution in [0.15, 0.2) is 54.6 Å². The molecule has 0 radical (unpaired) electrons. The first-order valence-electron chi connectivity index (χ1n) is 5.92. The molecule has 0 saturated heterocycles. The zero-order valence-corrected chi connectivity index (χ0v) is 11.8. The Morgan fingerprint density at radius 2 is 1.63 bits per heavy atom. The lowest BCUT2D eigenvalue weighted by atomic mass is 10.2. The first kappa shape index (κ1) is 13.9. The van der Waals surface area contributed by atoms with Gasteiger partial charge in [-0.15, -0.1) is 11.6 Å². The topological polar surface area (TPSA) is 17.8 Å². The lowest BCUT2D eigenvalue weighted by Gasteiger charge is -2.07. The maximum atomic E-state index is 5.99. The summed E-state index contributed by atoms with van der Waals surface area (Å²) in [5.41, 5.74) is 3.40. The first-order chi connectivity index (χ1) is 8.88. The van der Waals surface area contributed by atoms with E-state index in [9.17, 15) is 0 Å². The molecule has 0 saturated carbocycles. The van der Waals surface area contributed by atoms with Crippen molar-refractivity contribution in [2.45, 2.75) is 12.4 Å². The normalized spacial score (nSPS) is 10.4. The summed E-state index contributed by atoms with van der Waals surface area (Å²) in [5, 5.41) is 0. The van der Waals surface area contributed by atoms with E-state index in [0.717, 1.165) is 23.4 Å². The molecular formula is C15H13Cl2N2-. The van der Waals surface area contributed by atoms with E-state index in [-0.39, 0.29) is 12.4 Å². The second-order valence-electron chi connectivity index (χ2n) is 4.22. The molecule has 0 N–H and O–H groups in total. The van der Waals surface area contributed by atoms with Crippen molar-refractivity contribution in [3.63, 3.8) is 0 Å². The van der Waals surface area contributed by atoms with Gasteiger partial charge in [-0.25, -0.2) is 4.98 Å². The Morgan fingerprint density at radius 1 is 0.947 bits per heavy atom. The minimum Gasteiger partial charge on any atom is -1.00 e. The van der Waals surface area contributed by atoms with Gasteiger partial charge in [0.1, 0.15) is 5.82 Å². The van der Waals surface area contributed by atoms with Crippen molar-refractivity contribution < 1.29 is 12.4 Å². The Kier molecular flexibility index (Phi) is 4.46. The van der Waals surface area contributed by atoms with Crippen molar-refractivity contribution in [3.8, 4) is 0 Å². The highest BCUT2D eigenvalue weighted by Crippen LogP contribution is 2.18. The molecule has 3 aromatic rings. The highest BCUT2D eigenvalue weighted by Gasteiger charge is 2.09. The molecule has 2 nitrogen and oxygen atoms in total. The number of benzene rings is 2. The predicted octanol–water partition coefficient (Wildman–Crippen LogP) is 0.827. The number of imidazole rings is 1. The third-order valence-electron chi connectivity index (χ3n) is 3.04. The van der Waals surface area contributed by atoms with E-state index in [4.69, 9.17) is 11.6 Å². The van der Waals surface area contributed by atoms with Gasteiger partial charge in [0.25, 0.3) is 0 Å². The summed E-state index contributed by atoms with van der Waals surface area (Å²) in [6, 6.07) is 18.5. The Morgan fingerprint density at radius 3 is 2.37 bits per heavy atom. The zero-order chi connectivity index (χ0) is 12.4. The maximum Gasteiger partial charge on any atom is 0.125 e. The largest absolute Gasteiger partial charge is 1.00 e. The number of hydrogen-bond acceptors (Lipinski definition) is 1. The van der Waals surface area contributed by atoms with Crippen LogP contribution >= 0.6 is 11.6 Å². The van der Waals surface area contributed by atoms with E-state index >= 15 is 0 Å². The summed E-state index contributed by atoms with van der Waals surface area (Å²) in [6.45, 7) is 0.809. The van der Waals surface area contributed by atoms with Crippen molar-refractivity contribution in [1.29, 1.82) is 0 Å². The van der Waals surface area contributed by atoms with E-state index in [1.807, 2.05) is 24.3 Å². The summed E-state index contributed by atoms with van der Waals surface area (Å²) in [7, 11) is 0. The maximum absolute atomic E-state index is 5.99. The molecule has 0 aliphatic rings. The Labute approximate surface area is 123 Å². The predicted molar refractivity (Wildman–Crippen MR) is 74.8 cm³/mol. The van der Waals surface area contributed by atoms with Crippen LogP contribution in [0.3, 0.4) is 0 Å². The fourth-order valence-electron chi connectivity index (χ4n) is 2.17. The minimum absolute atomic E-state index is 0. The van der Waals surface area contributed by atoms with Crippen LogP contribution in [0.4, 0.5) is 0 Å². The standard InChI is InChI=1S/C15H13ClN2.ClH/c16-10-15-17-13-8-4-5-9-14(13)18(15)11-12-6-2-1-3-7-12;/h1-9H,10-11H2;1H/p-1. The Balaban J connectivity index is 0.00000133. The van der Waals surface area contributed by atoms with Gasteiger partial charge in [0, 0.05) is 6.54 Å². The number of aromatic nitrogens is 2. The summed E-state index contributed by atoms with van der Waals surface area (Å²) >= 11 is 5.99. The number of nitrogens with zero attached hydrogens (tertiary/aromatic N) is 2. The van der Waals surface area contributed by atoms with Gasteiger partial charge in [0.05, 0.1) is 16.9 Å². The highest BCUT2D eigenvalue weighted by atomic mass is 35.5. The summed E-state index contributed by atoms with van der Waals surface area (Å²) in [4.78, 5) is 4.56. The van der Waals surface area contributed by atoms with Crippen LogP contribution in [0.25, 0.3) is 11.0 Å². The van der Waals surface area contributed by atoms with E-state index in [1.165, 1.54) is 5.56 Å². The second kappa shape index (κ2) is 6.09. The number of alkyl halides is 1. The molecule has 19 heavy (non-hydrogen) atoms. The molecule has 0 atom stereocenters. The number of fused-ring (bicyclic) bond motifs is 1. The Bertz CT molecular complexity index is 662. The second-order valence-corrected chi connectivity index (χ2v) is 4.49. The van der Waals surface area contributed by atoms with Gasteiger partial charge in [-0.1, -0.05) is 42.5 Å². The average molecular weight is 292 g/mol. The van der Waals surface area contributed by atoms with Crippen LogP contribution in [-0.4, -0.2) is 9.55 Å². The van der Waals surface area contributed by atoms with E-state index < -0.39 is 0 Å². The number of hydrogen-bond donors (Lipinski definition) is 0. The minimum atomic E-state index is 0. The molecule has 0 amide bonds. The summed E-state index contributed by atoms with van der Waals surface area (Å²) < 4.78 is 2.18. The van der Waals surface area contributed by atoms with Crippen LogP contribution in [0.5, 0.6) is 0 Å². The smallest absolute Gasteiger partial charge is 0.125 e. The molecule has 2 aromatic carbocycles. The van der Waals surface area contributed by atoms with Gasteiger partial charge in [0.2, 0.25) is 0 Å². The van der Waals surface area contributed by atoms with Crippen molar-refractivity contribution in [2.75, 3.05) is 0 Å². The zero-order valence-electron chi connectivity index (χ0n) is 10.3. The SMILES string of the molecule is ClCc1nc2ccccc2n1Cc1ccccc1.[Cl-]. The fraction of sp³-hybridized carbons (Fsp3) is 0.133. The third-order valence-corrected chi connectivity index (χ3v) is 3.28. The molecular weight excluding hydrogens is 279 g/mol. The molecule has 0 spiro atoms. The highest BCUT2D eigenvalue weighted by molar-refractivity contribution is 6.16. The molecule has 0 fully saturated rings. The van der Waals surface area contributed by atoms with E-state index in [0.29, 0.717) is 5.88 Å². The van der Waals surface area contributed by atoms with Gasteiger partial charge in [0.15, 0.2) is 0 Å². The molecule has 1 heterocycles. The molecule has 0 aliphatic carbocycles. The van der Waals surface area contributed by atoms with Crippen LogP contribution in [0.1, 0.15) is 11.4 Å². The van der Waals surface area contributed by atoms with Gasteiger partial charge < -0.3 is 17.0 Å². The Hall–Kier alpha value is -1.51. The molecule has 0 unspecified atom stereocenters. The van der Waals surface area contributed by atoms with Gasteiger partial charge in [-0.05, 0) is 17.7 Å². The molecule has 4 heteroatoms. The van der Waals surface area contributed by atoms with Crippen LogP contribution in [-0.2, 0) is 12.4 Å². The van der Waals surface area contributed by atoms with Gasteiger partial charge in [-0.3, -0.25) is 0 Å². The molecule has 98 valence electrons. The van der Waals surface area contributed by atoms with Gasteiger partial charge >= 0.3 is 0 Å². The number of rotatable bonds is 3. The summed E-state index contributed by atoms with van der Waals surface area (Å²) in [5.74, 6) is 1.35. The van der Waals surface area contributed by atoms with Crippen molar-refractivity contribution in [3.05, 3.63) is 66.0 Å². The molecule has 0 bridgehead atoms. The number of halogens is 2. The monoisotopic (exact) mass is 291 g/mol. The quantitative estimate of drug-likeness (QED) is 0.654. The van der Waals surface area contributed by atoms with Crippen LogP contribution in [0.2, 0.25) is 0 Å². The molecule has 1 aromatic heterocycles. The summed E-state index contributed by atoms with van der Waals surface area (Å²) in [6.07, 6.45) is 0. The van der Waals surface area contributed by atoms with Crippen LogP contribution < -0.4 is 12.4 Å².